The number of carbonyl (C=O) groups is 4. The average molecular weight is 1210 g/mol. The molecule has 82 heavy (non-hydrogen) atoms. The third-order valence-electron chi connectivity index (χ3n) is 14.5. The molecule has 3 N–H and O–H groups in total. The fourth-order valence-electron chi connectivity index (χ4n) is 9.41. The lowest BCUT2D eigenvalue weighted by Gasteiger charge is -2.21. The van der Waals surface area contributed by atoms with E-state index in [1.54, 1.807) is 0 Å². The fourth-order valence-corrected chi connectivity index (χ4v) is 11.0. The number of rotatable bonds is 63. The molecule has 5 atom stereocenters. The first-order valence-corrected chi connectivity index (χ1v) is 36.1. The molecule has 0 heterocycles. The molecule has 0 aromatic rings. The fraction of sp³-hybridized carbons (Fsp3) is 0.937. The number of aliphatic hydroxyl groups is 1. The van der Waals surface area contributed by atoms with Crippen molar-refractivity contribution in [3.8, 4) is 0 Å². The normalized spacial score (nSPS) is 14.3. The van der Waals surface area contributed by atoms with Gasteiger partial charge in [-0.3, -0.25) is 37.3 Å². The van der Waals surface area contributed by atoms with E-state index in [2.05, 4.69) is 34.6 Å². The van der Waals surface area contributed by atoms with Gasteiger partial charge in [0.2, 0.25) is 0 Å². The second-order valence-electron chi connectivity index (χ2n) is 23.3. The van der Waals surface area contributed by atoms with Crippen LogP contribution in [0.4, 0.5) is 0 Å². The number of phosphoric ester groups is 2. The molecular weight excluding hydrogens is 1090 g/mol. The van der Waals surface area contributed by atoms with E-state index in [0.29, 0.717) is 25.7 Å². The number of aliphatic hydroxyl groups excluding tert-OH is 1. The summed E-state index contributed by atoms with van der Waals surface area (Å²) < 4.78 is 67.8. The lowest BCUT2D eigenvalue weighted by atomic mass is 10.0. The van der Waals surface area contributed by atoms with Gasteiger partial charge in [-0.15, -0.1) is 0 Å². The summed E-state index contributed by atoms with van der Waals surface area (Å²) in [5, 5.41) is 10.5. The zero-order chi connectivity index (χ0) is 60.6. The summed E-state index contributed by atoms with van der Waals surface area (Å²) in [5.74, 6) is -1.38. The Labute approximate surface area is 498 Å². The molecule has 0 aliphatic heterocycles. The van der Waals surface area contributed by atoms with Crippen molar-refractivity contribution in [3.63, 3.8) is 0 Å². The summed E-state index contributed by atoms with van der Waals surface area (Å²) in [4.78, 5) is 71.9. The zero-order valence-electron chi connectivity index (χ0n) is 52.6. The quantitative estimate of drug-likeness (QED) is 0.0222. The van der Waals surface area contributed by atoms with Gasteiger partial charge in [-0.1, -0.05) is 266 Å². The smallest absolute Gasteiger partial charge is 0.462 e. The molecule has 0 saturated carbocycles. The monoisotopic (exact) mass is 1210 g/mol. The number of esters is 4. The predicted octanol–water partition coefficient (Wildman–Crippen LogP) is 17.4. The number of ether oxygens (including phenoxy) is 4. The molecule has 0 saturated heterocycles. The lowest BCUT2D eigenvalue weighted by molar-refractivity contribution is -0.161. The van der Waals surface area contributed by atoms with Gasteiger partial charge in [0, 0.05) is 25.7 Å². The molecule has 19 heteroatoms. The van der Waals surface area contributed by atoms with E-state index >= 15 is 0 Å². The number of hydrogen-bond acceptors (Lipinski definition) is 15. The maximum Gasteiger partial charge on any atom is 0.472 e. The zero-order valence-corrected chi connectivity index (χ0v) is 54.4. The summed E-state index contributed by atoms with van der Waals surface area (Å²) in [6.45, 7) is 7.10. The van der Waals surface area contributed by atoms with Crippen molar-refractivity contribution in [1.82, 2.24) is 0 Å². The van der Waals surface area contributed by atoms with Crippen LogP contribution in [0.5, 0.6) is 0 Å². The van der Waals surface area contributed by atoms with E-state index in [-0.39, 0.29) is 25.7 Å². The summed E-state index contributed by atoms with van der Waals surface area (Å²) >= 11 is 0. The molecule has 17 nitrogen and oxygen atoms in total. The molecule has 2 unspecified atom stereocenters. The van der Waals surface area contributed by atoms with Gasteiger partial charge in [0.15, 0.2) is 12.2 Å². The number of phosphoric acid groups is 2. The average Bonchev–Trinajstić information content (AvgIpc) is 3.45. The predicted molar refractivity (Wildman–Crippen MR) is 326 cm³/mol. The van der Waals surface area contributed by atoms with Gasteiger partial charge in [-0.05, 0) is 31.6 Å². The molecule has 0 radical (unpaired) electrons. The first-order chi connectivity index (χ1) is 39.5. The molecule has 0 aliphatic rings. The largest absolute Gasteiger partial charge is 0.472 e. The minimum absolute atomic E-state index is 0.103. The van der Waals surface area contributed by atoms with Gasteiger partial charge in [-0.25, -0.2) is 9.13 Å². The molecular formula is C63H122O17P2. The molecule has 0 aromatic carbocycles. The summed E-state index contributed by atoms with van der Waals surface area (Å²) in [6, 6.07) is 0. The molecule has 0 rings (SSSR count). The van der Waals surface area contributed by atoms with Crippen LogP contribution in [0.1, 0.15) is 317 Å². The van der Waals surface area contributed by atoms with Gasteiger partial charge < -0.3 is 33.8 Å². The highest BCUT2D eigenvalue weighted by molar-refractivity contribution is 7.47. The van der Waals surface area contributed by atoms with Crippen LogP contribution >= 0.6 is 15.6 Å². The Kier molecular flexibility index (Phi) is 55.5. The molecule has 0 aliphatic carbocycles. The van der Waals surface area contributed by atoms with Crippen molar-refractivity contribution in [2.75, 3.05) is 39.6 Å². The SMILES string of the molecule is CCCCCCCCCCCCCCCCCC(=O)O[C@H](COC(=O)CCCCCCCCCCCCC(C)C)COP(=O)(O)OC[C@@H](O)COP(=O)(O)OC[C@@H](COC(=O)CCCCCCCCC)OC(=O)CCCCCCCCC. The minimum atomic E-state index is -4.94. The Balaban J connectivity index is 5.18. The first kappa shape index (κ1) is 80.1. The second kappa shape index (κ2) is 56.8. The van der Waals surface area contributed by atoms with Crippen molar-refractivity contribution >= 4 is 39.5 Å². The molecule has 0 aromatic heterocycles. The molecule has 0 bridgehead atoms. The van der Waals surface area contributed by atoms with Crippen LogP contribution in [-0.4, -0.2) is 96.7 Å². The van der Waals surface area contributed by atoms with E-state index in [9.17, 15) is 43.2 Å². The van der Waals surface area contributed by atoms with Crippen LogP contribution in [0, 0.1) is 5.92 Å². The molecule has 0 fully saturated rings. The Morgan fingerprint density at radius 1 is 0.329 bits per heavy atom. The first-order valence-electron chi connectivity index (χ1n) is 33.1. The van der Waals surface area contributed by atoms with Crippen molar-refractivity contribution in [2.45, 2.75) is 335 Å². The van der Waals surface area contributed by atoms with Crippen molar-refractivity contribution < 1.29 is 80.2 Å². The van der Waals surface area contributed by atoms with Crippen molar-refractivity contribution in [1.29, 1.82) is 0 Å². The Morgan fingerprint density at radius 3 is 0.829 bits per heavy atom. The highest BCUT2D eigenvalue weighted by atomic mass is 31.2. The van der Waals surface area contributed by atoms with Gasteiger partial charge in [-0.2, -0.15) is 0 Å². The van der Waals surface area contributed by atoms with Gasteiger partial charge >= 0.3 is 39.5 Å². The van der Waals surface area contributed by atoms with Crippen LogP contribution in [0.15, 0.2) is 0 Å². The second-order valence-corrected chi connectivity index (χ2v) is 26.2. The molecule has 0 spiro atoms. The maximum absolute atomic E-state index is 13.0. The Morgan fingerprint density at radius 2 is 0.561 bits per heavy atom. The van der Waals surface area contributed by atoms with Crippen molar-refractivity contribution in [3.05, 3.63) is 0 Å². The van der Waals surface area contributed by atoms with Crippen LogP contribution in [0.2, 0.25) is 0 Å². The summed E-state index contributed by atoms with van der Waals surface area (Å²) in [7, 11) is -9.87. The van der Waals surface area contributed by atoms with Gasteiger partial charge in [0.05, 0.1) is 26.4 Å². The topological polar surface area (TPSA) is 237 Å². The van der Waals surface area contributed by atoms with E-state index in [4.69, 9.17) is 37.0 Å². The third-order valence-corrected chi connectivity index (χ3v) is 16.4. The van der Waals surface area contributed by atoms with Crippen LogP contribution < -0.4 is 0 Å². The number of carbonyl (C=O) groups excluding carboxylic acids is 4. The van der Waals surface area contributed by atoms with Crippen molar-refractivity contribution in [2.24, 2.45) is 5.92 Å². The number of unbranched alkanes of at least 4 members (excludes halogenated alkanes) is 35. The van der Waals surface area contributed by atoms with E-state index in [1.807, 2.05) is 0 Å². The van der Waals surface area contributed by atoms with E-state index in [1.165, 1.54) is 116 Å². The molecule has 486 valence electrons. The number of hydrogen-bond donors (Lipinski definition) is 3. The standard InChI is InChI=1S/C63H122O17P2/c1-6-9-12-15-18-19-20-21-22-23-24-29-34-39-44-49-63(68)80-59(53-74-61(66)47-42-37-33-28-26-25-27-32-35-40-45-56(4)5)55-78-82(71,72)76-51-57(64)50-75-81(69,70)77-54-58(79-62(67)48-43-38-31-17-14-11-8-3)52-73-60(65)46-41-36-30-16-13-10-7-2/h56-59,64H,6-55H2,1-5H3,(H,69,70)(H,71,72)/t57-,58+,59+/m0/s1. The third kappa shape index (κ3) is 57.2. The Bertz CT molecular complexity index is 1600. The van der Waals surface area contributed by atoms with Gasteiger partial charge in [0.25, 0.3) is 0 Å². The highest BCUT2D eigenvalue weighted by Gasteiger charge is 2.30. The van der Waals surface area contributed by atoms with E-state index in [0.717, 1.165) is 121 Å². The Hall–Kier alpha value is -1.94. The molecule has 0 amide bonds. The highest BCUT2D eigenvalue weighted by Crippen LogP contribution is 2.45. The maximum atomic E-state index is 13.0. The minimum Gasteiger partial charge on any atom is -0.462 e. The van der Waals surface area contributed by atoms with Gasteiger partial charge in [0.1, 0.15) is 19.3 Å². The van der Waals surface area contributed by atoms with E-state index < -0.39 is 97.5 Å². The summed E-state index contributed by atoms with van der Waals surface area (Å²) in [5.41, 5.74) is 0. The van der Waals surface area contributed by atoms with Crippen LogP contribution in [0.3, 0.4) is 0 Å². The summed E-state index contributed by atoms with van der Waals surface area (Å²) in [6.07, 6.45) is 40.5. The van der Waals surface area contributed by atoms with Crippen LogP contribution in [-0.2, 0) is 65.4 Å². The lowest BCUT2D eigenvalue weighted by Crippen LogP contribution is -2.30. The van der Waals surface area contributed by atoms with Crippen LogP contribution in [0.25, 0.3) is 0 Å².